The van der Waals surface area contributed by atoms with Crippen LogP contribution in [0, 0.1) is 10.5 Å². The van der Waals surface area contributed by atoms with Crippen molar-refractivity contribution in [3.05, 3.63) is 73.8 Å². The summed E-state index contributed by atoms with van der Waals surface area (Å²) in [6, 6.07) is 15.9. The van der Waals surface area contributed by atoms with E-state index in [1.54, 1.807) is 0 Å². The molecule has 0 spiro atoms. The summed E-state index contributed by atoms with van der Waals surface area (Å²) in [6.07, 6.45) is 1.86. The zero-order valence-corrected chi connectivity index (χ0v) is 17.9. The predicted octanol–water partition coefficient (Wildman–Crippen LogP) is 5.33. The molecule has 0 unspecified atom stereocenters. The van der Waals surface area contributed by atoms with Crippen LogP contribution >= 0.6 is 34.4 Å². The summed E-state index contributed by atoms with van der Waals surface area (Å²) in [5, 5.41) is 0.865. The Morgan fingerprint density at radius 3 is 2.52 bits per heavy atom. The molecule has 1 fully saturated rings. The molecule has 6 heteroatoms. The van der Waals surface area contributed by atoms with Gasteiger partial charge in [0.25, 0.3) is 11.1 Å². The largest absolute Gasteiger partial charge is 0.347 e. The van der Waals surface area contributed by atoms with E-state index in [1.807, 2.05) is 62.5 Å². The van der Waals surface area contributed by atoms with Crippen molar-refractivity contribution in [3.8, 4) is 0 Å². The quantitative estimate of drug-likeness (QED) is 0.370. The molecule has 2 heterocycles. The first-order chi connectivity index (χ1) is 13.0. The first kappa shape index (κ1) is 18.3. The number of amides is 2. The fraction of sp³-hybridized carbons (Fsp3) is 0.143. The number of aryl methyl sites for hydroxylation is 1. The zero-order valence-electron chi connectivity index (χ0n) is 14.9. The van der Waals surface area contributed by atoms with Crippen molar-refractivity contribution in [1.29, 1.82) is 0 Å². The molecule has 2 amide bonds. The van der Waals surface area contributed by atoms with Gasteiger partial charge in [-0.25, -0.2) is 0 Å². The van der Waals surface area contributed by atoms with Gasteiger partial charge in [0.2, 0.25) is 0 Å². The monoisotopic (exact) mass is 488 g/mol. The molecule has 1 aromatic heterocycles. The predicted molar refractivity (Wildman–Crippen MR) is 118 cm³/mol. The van der Waals surface area contributed by atoms with Gasteiger partial charge >= 0.3 is 0 Å². The third kappa shape index (κ3) is 3.32. The molecule has 136 valence electrons. The minimum atomic E-state index is -0.226. The first-order valence-corrected chi connectivity index (χ1v) is 10.4. The maximum atomic E-state index is 12.9. The van der Waals surface area contributed by atoms with E-state index >= 15 is 0 Å². The fourth-order valence-corrected chi connectivity index (χ4v) is 4.45. The summed E-state index contributed by atoms with van der Waals surface area (Å²) >= 11 is 3.25. The number of benzene rings is 2. The highest BCUT2D eigenvalue weighted by Crippen LogP contribution is 2.36. The van der Waals surface area contributed by atoms with E-state index in [4.69, 9.17) is 0 Å². The highest BCUT2D eigenvalue weighted by molar-refractivity contribution is 14.1. The Kier molecular flexibility index (Phi) is 4.86. The van der Waals surface area contributed by atoms with Crippen LogP contribution in [0.2, 0.25) is 0 Å². The number of halogens is 1. The number of nitrogens with zero attached hydrogens (tertiary/aromatic N) is 2. The summed E-state index contributed by atoms with van der Waals surface area (Å²) in [5.74, 6) is -0.226. The lowest BCUT2D eigenvalue weighted by molar-refractivity contribution is -0.123. The highest BCUT2D eigenvalue weighted by Gasteiger charge is 2.35. The van der Waals surface area contributed by atoms with Crippen LogP contribution in [0.1, 0.15) is 16.8 Å². The molecule has 0 bridgehead atoms. The summed E-state index contributed by atoms with van der Waals surface area (Å²) in [4.78, 5) is 27.1. The molecule has 0 aliphatic carbocycles. The Bertz CT molecular complexity index is 1100. The van der Waals surface area contributed by atoms with Crippen molar-refractivity contribution in [2.45, 2.75) is 13.5 Å². The Morgan fingerprint density at radius 2 is 1.78 bits per heavy atom. The fourth-order valence-electron chi connectivity index (χ4n) is 3.27. The number of imide groups is 1. The Labute approximate surface area is 175 Å². The van der Waals surface area contributed by atoms with Crippen LogP contribution in [0.5, 0.6) is 0 Å². The second-order valence-corrected chi connectivity index (χ2v) is 8.71. The molecular weight excluding hydrogens is 471 g/mol. The maximum Gasteiger partial charge on any atom is 0.293 e. The van der Waals surface area contributed by atoms with Gasteiger partial charge in [-0.15, -0.1) is 0 Å². The van der Waals surface area contributed by atoms with Crippen LogP contribution in [-0.2, 0) is 18.4 Å². The number of thioether (sulfide) groups is 1. The zero-order chi connectivity index (χ0) is 19.1. The Morgan fingerprint density at radius 1 is 1.07 bits per heavy atom. The Balaban J connectivity index is 1.68. The van der Waals surface area contributed by atoms with Gasteiger partial charge in [-0.05, 0) is 71.1 Å². The lowest BCUT2D eigenvalue weighted by Crippen LogP contribution is -2.27. The summed E-state index contributed by atoms with van der Waals surface area (Å²) in [5.41, 5.74) is 4.12. The molecule has 3 aromatic rings. The summed E-state index contributed by atoms with van der Waals surface area (Å²) in [6.45, 7) is 2.33. The van der Waals surface area contributed by atoms with Crippen molar-refractivity contribution >= 4 is 62.5 Å². The third-order valence-corrected chi connectivity index (χ3v) is 6.48. The lowest BCUT2D eigenvalue weighted by atomic mass is 10.1. The third-order valence-electron chi connectivity index (χ3n) is 4.85. The van der Waals surface area contributed by atoms with Crippen molar-refractivity contribution < 1.29 is 9.59 Å². The standard InChI is InChI=1S/C21H17IN2O2S/c1-13-17(16-5-3-4-6-18(16)23(13)2)11-19-20(25)24(21(26)27-19)12-14-7-9-15(22)10-8-14/h3-11H,12H2,1-2H3/b19-11-. The molecule has 0 atom stereocenters. The average molecular weight is 488 g/mol. The van der Waals surface area contributed by atoms with E-state index in [0.717, 1.165) is 43.1 Å². The van der Waals surface area contributed by atoms with Gasteiger partial charge < -0.3 is 4.57 Å². The number of hydrogen-bond donors (Lipinski definition) is 0. The van der Waals surface area contributed by atoms with Gasteiger partial charge in [-0.3, -0.25) is 14.5 Å². The Hall–Kier alpha value is -2.06. The van der Waals surface area contributed by atoms with E-state index < -0.39 is 0 Å². The molecule has 27 heavy (non-hydrogen) atoms. The molecular formula is C21H17IN2O2S. The number of carbonyl (C=O) groups is 2. The van der Waals surface area contributed by atoms with Gasteiger partial charge in [0, 0.05) is 32.8 Å². The van der Waals surface area contributed by atoms with E-state index in [0.29, 0.717) is 11.4 Å². The molecule has 1 aliphatic heterocycles. The molecule has 0 saturated carbocycles. The molecule has 0 N–H and O–H groups in total. The number of hydrogen-bond acceptors (Lipinski definition) is 3. The number of para-hydroxylation sites is 1. The van der Waals surface area contributed by atoms with E-state index in [2.05, 4.69) is 33.2 Å². The smallest absolute Gasteiger partial charge is 0.293 e. The lowest BCUT2D eigenvalue weighted by Gasteiger charge is -2.12. The van der Waals surface area contributed by atoms with Gasteiger partial charge in [-0.1, -0.05) is 30.3 Å². The van der Waals surface area contributed by atoms with Crippen molar-refractivity contribution in [2.75, 3.05) is 0 Å². The first-order valence-electron chi connectivity index (χ1n) is 8.49. The topological polar surface area (TPSA) is 42.3 Å². The second kappa shape index (κ2) is 7.16. The van der Waals surface area contributed by atoms with Gasteiger partial charge in [-0.2, -0.15) is 0 Å². The normalized spacial score (nSPS) is 16.1. The SMILES string of the molecule is Cc1c(/C=C2\SC(=O)N(Cc3ccc(I)cc3)C2=O)c2ccccc2n1C. The van der Waals surface area contributed by atoms with E-state index in [-0.39, 0.29) is 11.1 Å². The molecule has 0 radical (unpaired) electrons. The van der Waals surface area contributed by atoms with Gasteiger partial charge in [0.05, 0.1) is 11.4 Å². The molecule has 4 nitrogen and oxygen atoms in total. The summed E-state index contributed by atoms with van der Waals surface area (Å²) in [7, 11) is 2.01. The van der Waals surface area contributed by atoms with Crippen LogP contribution in [-0.4, -0.2) is 20.6 Å². The van der Waals surface area contributed by atoms with Crippen LogP contribution < -0.4 is 0 Å². The summed E-state index contributed by atoms with van der Waals surface area (Å²) < 4.78 is 3.23. The highest BCUT2D eigenvalue weighted by atomic mass is 127. The number of fused-ring (bicyclic) bond motifs is 1. The van der Waals surface area contributed by atoms with Crippen molar-refractivity contribution in [1.82, 2.24) is 9.47 Å². The molecule has 2 aromatic carbocycles. The minimum absolute atomic E-state index is 0.220. The number of rotatable bonds is 3. The van der Waals surface area contributed by atoms with Crippen molar-refractivity contribution in [3.63, 3.8) is 0 Å². The van der Waals surface area contributed by atoms with Crippen LogP contribution in [0.4, 0.5) is 4.79 Å². The average Bonchev–Trinajstić information content (AvgIpc) is 3.07. The van der Waals surface area contributed by atoms with E-state index in [9.17, 15) is 9.59 Å². The van der Waals surface area contributed by atoms with Gasteiger partial charge in [0.1, 0.15) is 0 Å². The second-order valence-electron chi connectivity index (χ2n) is 6.47. The van der Waals surface area contributed by atoms with Crippen LogP contribution in [0.15, 0.2) is 53.4 Å². The van der Waals surface area contributed by atoms with E-state index in [1.165, 1.54) is 4.90 Å². The van der Waals surface area contributed by atoms with Crippen LogP contribution in [0.25, 0.3) is 17.0 Å². The van der Waals surface area contributed by atoms with Gasteiger partial charge in [0.15, 0.2) is 0 Å². The number of carbonyl (C=O) groups excluding carboxylic acids is 2. The van der Waals surface area contributed by atoms with Crippen LogP contribution in [0.3, 0.4) is 0 Å². The van der Waals surface area contributed by atoms with Crippen molar-refractivity contribution in [2.24, 2.45) is 7.05 Å². The molecule has 1 aliphatic rings. The number of aromatic nitrogens is 1. The minimum Gasteiger partial charge on any atom is -0.347 e. The molecule has 1 saturated heterocycles. The molecule has 4 rings (SSSR count). The maximum absolute atomic E-state index is 12.9.